The maximum Gasteiger partial charge on any atom is 0.275 e. The number of aryl methyl sites for hydroxylation is 2. The Morgan fingerprint density at radius 1 is 1.29 bits per heavy atom. The molecule has 0 saturated carbocycles. The highest BCUT2D eigenvalue weighted by Crippen LogP contribution is 2.20. The molecule has 3 aromatic rings. The average Bonchev–Trinajstić information content (AvgIpc) is 3.08. The summed E-state index contributed by atoms with van der Waals surface area (Å²) in [6.45, 7) is 4.87. The first kappa shape index (κ1) is 20.0. The van der Waals surface area contributed by atoms with Gasteiger partial charge < -0.3 is 10.2 Å². The van der Waals surface area contributed by atoms with E-state index in [4.69, 9.17) is 0 Å². The fraction of sp³-hybridized carbons (Fsp3) is 0.400. The fourth-order valence-corrected chi connectivity index (χ4v) is 3.84. The number of carbonyl (C=O) groups is 1. The molecule has 1 aromatic carbocycles. The largest absolute Gasteiger partial charge is 0.354 e. The number of nitrogens with zero attached hydrogens (tertiary/aromatic N) is 4. The van der Waals surface area contributed by atoms with E-state index < -0.39 is 0 Å². The smallest absolute Gasteiger partial charge is 0.275 e. The van der Waals surface area contributed by atoms with Gasteiger partial charge in [0.05, 0.1) is 6.54 Å². The van der Waals surface area contributed by atoms with Crippen LogP contribution in [0.25, 0.3) is 4.96 Å². The standard InChI is InChI=1S/C20H25N5O2S/c1-4-7-16-12-18(27)25-19(22-16)28-20(23-25)24(3)13-17(26)21-11-10-15-9-6-5-8-14(15)2/h5-6,8-9,12H,4,7,10-11,13H2,1-3H3,(H,21,26). The van der Waals surface area contributed by atoms with E-state index in [1.54, 1.807) is 11.9 Å². The lowest BCUT2D eigenvalue weighted by Gasteiger charge is -2.14. The molecule has 0 bridgehead atoms. The Bertz CT molecular complexity index is 1030. The Labute approximate surface area is 168 Å². The van der Waals surface area contributed by atoms with E-state index in [9.17, 15) is 9.59 Å². The highest BCUT2D eigenvalue weighted by Gasteiger charge is 2.14. The van der Waals surface area contributed by atoms with Crippen molar-refractivity contribution in [3.05, 3.63) is 57.5 Å². The molecule has 7 nitrogen and oxygen atoms in total. The van der Waals surface area contributed by atoms with Crippen molar-refractivity contribution in [2.75, 3.05) is 25.0 Å². The first-order chi connectivity index (χ1) is 13.5. The van der Waals surface area contributed by atoms with Crippen molar-refractivity contribution in [3.8, 4) is 0 Å². The van der Waals surface area contributed by atoms with Crippen molar-refractivity contribution in [1.82, 2.24) is 19.9 Å². The minimum absolute atomic E-state index is 0.0812. The van der Waals surface area contributed by atoms with Gasteiger partial charge in [-0.05, 0) is 30.9 Å². The number of hydrogen-bond acceptors (Lipinski definition) is 6. The van der Waals surface area contributed by atoms with Crippen LogP contribution in [0.15, 0.2) is 35.1 Å². The predicted molar refractivity (Wildman–Crippen MR) is 112 cm³/mol. The lowest BCUT2D eigenvalue weighted by atomic mass is 10.1. The van der Waals surface area contributed by atoms with Crippen LogP contribution in [0.5, 0.6) is 0 Å². The quantitative estimate of drug-likeness (QED) is 0.628. The number of rotatable bonds is 8. The lowest BCUT2D eigenvalue weighted by Crippen LogP contribution is -2.36. The number of anilines is 1. The Morgan fingerprint density at radius 2 is 2.07 bits per heavy atom. The summed E-state index contributed by atoms with van der Waals surface area (Å²) in [6.07, 6.45) is 2.48. The number of hydrogen-bond donors (Lipinski definition) is 1. The molecule has 1 N–H and O–H groups in total. The van der Waals surface area contributed by atoms with Gasteiger partial charge in [0.25, 0.3) is 5.56 Å². The molecule has 148 valence electrons. The predicted octanol–water partition coefficient (Wildman–Crippen LogP) is 2.21. The fourth-order valence-electron chi connectivity index (χ4n) is 2.95. The van der Waals surface area contributed by atoms with E-state index in [1.165, 1.54) is 33.0 Å². The molecular formula is C20H25N5O2S. The maximum atomic E-state index is 12.3. The molecule has 0 spiro atoms. The molecule has 0 aliphatic heterocycles. The number of carbonyl (C=O) groups excluding carboxylic acids is 1. The van der Waals surface area contributed by atoms with Crippen LogP contribution in [0, 0.1) is 6.92 Å². The summed E-state index contributed by atoms with van der Waals surface area (Å²) in [7, 11) is 1.79. The molecule has 0 fully saturated rings. The molecule has 28 heavy (non-hydrogen) atoms. The number of fused-ring (bicyclic) bond motifs is 1. The second-order valence-corrected chi connectivity index (χ2v) is 7.73. The normalized spacial score (nSPS) is 11.0. The van der Waals surface area contributed by atoms with Crippen LogP contribution < -0.4 is 15.8 Å². The lowest BCUT2D eigenvalue weighted by molar-refractivity contribution is -0.119. The topological polar surface area (TPSA) is 79.6 Å². The van der Waals surface area contributed by atoms with Gasteiger partial charge in [-0.2, -0.15) is 4.52 Å². The van der Waals surface area contributed by atoms with Gasteiger partial charge >= 0.3 is 0 Å². The second-order valence-electron chi connectivity index (χ2n) is 6.80. The number of aromatic nitrogens is 3. The van der Waals surface area contributed by atoms with Gasteiger partial charge in [-0.15, -0.1) is 5.10 Å². The first-order valence-corrected chi connectivity index (χ1v) is 10.2. The SMILES string of the molecule is CCCc1cc(=O)n2nc(N(C)CC(=O)NCCc3ccccc3C)sc2n1. The zero-order valence-corrected chi connectivity index (χ0v) is 17.3. The highest BCUT2D eigenvalue weighted by atomic mass is 32.1. The number of likely N-dealkylation sites (N-methyl/N-ethyl adjacent to an activating group) is 1. The molecule has 2 heterocycles. The van der Waals surface area contributed by atoms with Crippen LogP contribution in [0.2, 0.25) is 0 Å². The summed E-state index contributed by atoms with van der Waals surface area (Å²) in [5.74, 6) is -0.0812. The van der Waals surface area contributed by atoms with Crippen LogP contribution in [0.4, 0.5) is 5.13 Å². The van der Waals surface area contributed by atoms with Gasteiger partial charge in [-0.25, -0.2) is 4.98 Å². The van der Waals surface area contributed by atoms with Gasteiger partial charge in [-0.3, -0.25) is 9.59 Å². The molecule has 0 atom stereocenters. The summed E-state index contributed by atoms with van der Waals surface area (Å²) < 4.78 is 1.30. The van der Waals surface area contributed by atoms with E-state index in [0.29, 0.717) is 16.6 Å². The molecule has 0 unspecified atom stereocenters. The van der Waals surface area contributed by atoms with Gasteiger partial charge in [0.2, 0.25) is 16.0 Å². The maximum absolute atomic E-state index is 12.3. The van der Waals surface area contributed by atoms with E-state index in [2.05, 4.69) is 34.5 Å². The zero-order valence-electron chi connectivity index (χ0n) is 16.4. The average molecular weight is 400 g/mol. The van der Waals surface area contributed by atoms with Gasteiger partial charge in [0.15, 0.2) is 0 Å². The van der Waals surface area contributed by atoms with Crippen LogP contribution in [0.1, 0.15) is 30.2 Å². The first-order valence-electron chi connectivity index (χ1n) is 9.40. The third-order valence-electron chi connectivity index (χ3n) is 4.48. The summed E-state index contributed by atoms with van der Waals surface area (Å²) in [5, 5.41) is 7.84. The minimum atomic E-state index is -0.188. The van der Waals surface area contributed by atoms with Crippen LogP contribution in [-0.2, 0) is 17.6 Å². The number of nitrogens with one attached hydrogen (secondary N) is 1. The van der Waals surface area contributed by atoms with Crippen molar-refractivity contribution in [2.24, 2.45) is 0 Å². The van der Waals surface area contributed by atoms with Crippen molar-refractivity contribution >= 4 is 27.3 Å². The van der Waals surface area contributed by atoms with Crippen molar-refractivity contribution < 1.29 is 4.79 Å². The molecule has 0 saturated heterocycles. The minimum Gasteiger partial charge on any atom is -0.354 e. The third-order valence-corrected chi connectivity index (χ3v) is 5.50. The Morgan fingerprint density at radius 3 is 2.82 bits per heavy atom. The summed E-state index contributed by atoms with van der Waals surface area (Å²) in [6, 6.07) is 9.69. The molecule has 0 aliphatic rings. The number of benzene rings is 1. The van der Waals surface area contributed by atoms with Gasteiger partial charge in [-0.1, -0.05) is 48.9 Å². The summed E-state index contributed by atoms with van der Waals surface area (Å²) in [4.78, 5) is 31.3. The molecule has 8 heteroatoms. The molecular weight excluding hydrogens is 374 g/mol. The number of amides is 1. The Balaban J connectivity index is 1.60. The second kappa shape index (κ2) is 8.97. The Hall–Kier alpha value is -2.74. The summed E-state index contributed by atoms with van der Waals surface area (Å²) in [5.41, 5.74) is 3.05. The van der Waals surface area contributed by atoms with Crippen molar-refractivity contribution in [2.45, 2.75) is 33.1 Å². The van der Waals surface area contributed by atoms with E-state index in [0.717, 1.165) is 25.0 Å². The van der Waals surface area contributed by atoms with Crippen LogP contribution in [0.3, 0.4) is 0 Å². The highest BCUT2D eigenvalue weighted by molar-refractivity contribution is 7.20. The van der Waals surface area contributed by atoms with Gasteiger partial charge in [0.1, 0.15) is 0 Å². The van der Waals surface area contributed by atoms with E-state index in [-0.39, 0.29) is 18.0 Å². The molecule has 3 rings (SSSR count). The molecule has 0 radical (unpaired) electrons. The van der Waals surface area contributed by atoms with Gasteiger partial charge in [0, 0.05) is 25.4 Å². The zero-order chi connectivity index (χ0) is 20.1. The van der Waals surface area contributed by atoms with Crippen LogP contribution in [-0.4, -0.2) is 40.6 Å². The Kier molecular flexibility index (Phi) is 6.41. The third kappa shape index (κ3) is 4.75. The van der Waals surface area contributed by atoms with Crippen molar-refractivity contribution in [1.29, 1.82) is 0 Å². The van der Waals surface area contributed by atoms with E-state index in [1.807, 2.05) is 19.1 Å². The molecule has 1 amide bonds. The van der Waals surface area contributed by atoms with Crippen LogP contribution >= 0.6 is 11.3 Å². The monoisotopic (exact) mass is 399 g/mol. The molecule has 2 aromatic heterocycles. The summed E-state index contributed by atoms with van der Waals surface area (Å²) >= 11 is 1.31. The van der Waals surface area contributed by atoms with E-state index >= 15 is 0 Å². The van der Waals surface area contributed by atoms with Crippen molar-refractivity contribution in [3.63, 3.8) is 0 Å². The molecule has 0 aliphatic carbocycles.